The predicted octanol–water partition coefficient (Wildman–Crippen LogP) is 4.08. The van der Waals surface area contributed by atoms with Crippen molar-refractivity contribution in [2.75, 3.05) is 18.4 Å². The topological polar surface area (TPSA) is 49.4 Å². The van der Waals surface area contributed by atoms with E-state index in [4.69, 9.17) is 0 Å². The molecule has 0 aliphatic carbocycles. The van der Waals surface area contributed by atoms with Crippen LogP contribution in [0.4, 0.5) is 5.69 Å². The smallest absolute Gasteiger partial charge is 0.253 e. The molecule has 4 nitrogen and oxygen atoms in total. The molecule has 2 rings (SSSR count). The zero-order chi connectivity index (χ0) is 18.4. The SMILES string of the molecule is CCN(CC)C(=O)c1cccc(NC(=O)C(C)(C)c2ccccc2)c1. The summed E-state index contributed by atoms with van der Waals surface area (Å²) >= 11 is 0. The van der Waals surface area contributed by atoms with Crippen molar-refractivity contribution in [3.05, 3.63) is 65.7 Å². The Bertz CT molecular complexity index is 735. The van der Waals surface area contributed by atoms with Gasteiger partial charge in [0.1, 0.15) is 0 Å². The zero-order valence-corrected chi connectivity index (χ0v) is 15.4. The highest BCUT2D eigenvalue weighted by Gasteiger charge is 2.29. The number of anilines is 1. The van der Waals surface area contributed by atoms with Crippen molar-refractivity contribution >= 4 is 17.5 Å². The van der Waals surface area contributed by atoms with Gasteiger partial charge in [-0.05, 0) is 51.5 Å². The third-order valence-corrected chi connectivity index (χ3v) is 4.48. The van der Waals surface area contributed by atoms with Crippen molar-refractivity contribution in [2.45, 2.75) is 33.1 Å². The summed E-state index contributed by atoms with van der Waals surface area (Å²) < 4.78 is 0. The molecule has 1 N–H and O–H groups in total. The van der Waals surface area contributed by atoms with E-state index in [2.05, 4.69) is 5.32 Å². The van der Waals surface area contributed by atoms with Gasteiger partial charge in [-0.3, -0.25) is 9.59 Å². The Labute approximate surface area is 149 Å². The summed E-state index contributed by atoms with van der Waals surface area (Å²) in [5, 5.41) is 2.94. The number of carbonyl (C=O) groups is 2. The number of hydrogen-bond donors (Lipinski definition) is 1. The van der Waals surface area contributed by atoms with Crippen LogP contribution in [-0.2, 0) is 10.2 Å². The number of benzene rings is 2. The Kier molecular flexibility index (Phi) is 5.97. The summed E-state index contributed by atoms with van der Waals surface area (Å²) in [5.74, 6) is -0.130. The molecular weight excluding hydrogens is 312 g/mol. The summed E-state index contributed by atoms with van der Waals surface area (Å²) in [4.78, 5) is 27.0. The van der Waals surface area contributed by atoms with E-state index in [1.165, 1.54) is 0 Å². The normalized spacial score (nSPS) is 11.0. The molecule has 0 aromatic heterocycles. The molecule has 2 aromatic rings. The van der Waals surface area contributed by atoms with Crippen LogP contribution in [-0.4, -0.2) is 29.8 Å². The third-order valence-electron chi connectivity index (χ3n) is 4.48. The lowest BCUT2D eigenvalue weighted by atomic mass is 9.83. The van der Waals surface area contributed by atoms with Gasteiger partial charge in [-0.15, -0.1) is 0 Å². The molecule has 0 unspecified atom stereocenters. The fraction of sp³-hybridized carbons (Fsp3) is 0.333. The quantitative estimate of drug-likeness (QED) is 0.862. The fourth-order valence-corrected chi connectivity index (χ4v) is 2.70. The lowest BCUT2D eigenvalue weighted by Crippen LogP contribution is -2.35. The lowest BCUT2D eigenvalue weighted by molar-refractivity contribution is -0.120. The lowest BCUT2D eigenvalue weighted by Gasteiger charge is -2.24. The van der Waals surface area contributed by atoms with Gasteiger partial charge >= 0.3 is 0 Å². The number of hydrogen-bond acceptors (Lipinski definition) is 2. The van der Waals surface area contributed by atoms with Gasteiger partial charge in [-0.1, -0.05) is 36.4 Å². The molecule has 0 radical (unpaired) electrons. The standard InChI is InChI=1S/C21H26N2O2/c1-5-23(6-2)19(24)16-11-10-14-18(15-16)22-20(25)21(3,4)17-12-8-7-9-13-17/h7-15H,5-6H2,1-4H3,(H,22,25). The van der Waals surface area contributed by atoms with Crippen LogP contribution in [0.15, 0.2) is 54.6 Å². The number of rotatable bonds is 6. The van der Waals surface area contributed by atoms with Crippen molar-refractivity contribution in [1.29, 1.82) is 0 Å². The highest BCUT2D eigenvalue weighted by atomic mass is 16.2. The molecule has 0 saturated carbocycles. The van der Waals surface area contributed by atoms with Gasteiger partial charge in [-0.25, -0.2) is 0 Å². The number of carbonyl (C=O) groups excluding carboxylic acids is 2. The average molecular weight is 338 g/mol. The Balaban J connectivity index is 2.19. The fourth-order valence-electron chi connectivity index (χ4n) is 2.70. The average Bonchev–Trinajstić information content (AvgIpc) is 2.63. The number of nitrogens with zero attached hydrogens (tertiary/aromatic N) is 1. The van der Waals surface area contributed by atoms with E-state index in [0.717, 1.165) is 5.56 Å². The van der Waals surface area contributed by atoms with Gasteiger partial charge < -0.3 is 10.2 Å². The molecule has 2 aromatic carbocycles. The first-order valence-electron chi connectivity index (χ1n) is 8.66. The van der Waals surface area contributed by atoms with E-state index in [-0.39, 0.29) is 11.8 Å². The first-order chi connectivity index (χ1) is 11.9. The Hall–Kier alpha value is -2.62. The molecule has 132 valence electrons. The van der Waals surface area contributed by atoms with Crippen LogP contribution in [0.5, 0.6) is 0 Å². The van der Waals surface area contributed by atoms with Gasteiger partial charge in [0.2, 0.25) is 5.91 Å². The monoisotopic (exact) mass is 338 g/mol. The van der Waals surface area contributed by atoms with Crippen LogP contribution in [0.25, 0.3) is 0 Å². The summed E-state index contributed by atoms with van der Waals surface area (Å²) in [7, 11) is 0. The van der Waals surface area contributed by atoms with Crippen LogP contribution < -0.4 is 5.32 Å². The molecule has 4 heteroatoms. The molecule has 2 amide bonds. The molecule has 25 heavy (non-hydrogen) atoms. The summed E-state index contributed by atoms with van der Waals surface area (Å²) in [5.41, 5.74) is 1.49. The summed E-state index contributed by atoms with van der Waals surface area (Å²) in [6, 6.07) is 16.8. The molecule has 0 aliphatic rings. The molecule has 0 bridgehead atoms. The Morgan fingerprint density at radius 1 is 0.960 bits per heavy atom. The van der Waals surface area contributed by atoms with E-state index in [0.29, 0.717) is 24.3 Å². The van der Waals surface area contributed by atoms with Gasteiger partial charge in [0.05, 0.1) is 5.41 Å². The van der Waals surface area contributed by atoms with E-state index in [1.807, 2.05) is 58.0 Å². The molecule has 0 saturated heterocycles. The molecular formula is C21H26N2O2. The molecule has 0 fully saturated rings. The largest absolute Gasteiger partial charge is 0.339 e. The molecule has 0 aliphatic heterocycles. The van der Waals surface area contributed by atoms with Crippen molar-refractivity contribution in [2.24, 2.45) is 0 Å². The molecule has 0 atom stereocenters. The van der Waals surface area contributed by atoms with Crippen molar-refractivity contribution in [3.63, 3.8) is 0 Å². The van der Waals surface area contributed by atoms with Crippen LogP contribution in [0.2, 0.25) is 0 Å². The molecule has 0 spiro atoms. The van der Waals surface area contributed by atoms with Gasteiger partial charge in [0, 0.05) is 24.3 Å². The maximum absolute atomic E-state index is 12.8. The minimum absolute atomic E-state index is 0.0246. The second kappa shape index (κ2) is 7.97. The Morgan fingerprint density at radius 2 is 1.60 bits per heavy atom. The van der Waals surface area contributed by atoms with Crippen LogP contribution in [0, 0.1) is 0 Å². The van der Waals surface area contributed by atoms with Gasteiger partial charge in [-0.2, -0.15) is 0 Å². The van der Waals surface area contributed by atoms with Crippen LogP contribution in [0.3, 0.4) is 0 Å². The maximum Gasteiger partial charge on any atom is 0.253 e. The minimum atomic E-state index is -0.667. The number of nitrogens with one attached hydrogen (secondary N) is 1. The van der Waals surface area contributed by atoms with Crippen molar-refractivity contribution < 1.29 is 9.59 Å². The molecule has 0 heterocycles. The number of amides is 2. The van der Waals surface area contributed by atoms with Crippen LogP contribution in [0.1, 0.15) is 43.6 Å². The van der Waals surface area contributed by atoms with E-state index >= 15 is 0 Å². The van der Waals surface area contributed by atoms with Crippen molar-refractivity contribution in [3.8, 4) is 0 Å². The Morgan fingerprint density at radius 3 is 2.20 bits per heavy atom. The highest BCUT2D eigenvalue weighted by Crippen LogP contribution is 2.25. The summed E-state index contributed by atoms with van der Waals surface area (Å²) in [6.45, 7) is 9.01. The second-order valence-electron chi connectivity index (χ2n) is 6.50. The summed E-state index contributed by atoms with van der Waals surface area (Å²) in [6.07, 6.45) is 0. The first kappa shape index (κ1) is 18.7. The zero-order valence-electron chi connectivity index (χ0n) is 15.4. The second-order valence-corrected chi connectivity index (χ2v) is 6.50. The van der Waals surface area contributed by atoms with E-state index in [1.54, 1.807) is 29.2 Å². The third kappa shape index (κ3) is 4.27. The van der Waals surface area contributed by atoms with Gasteiger partial charge in [0.25, 0.3) is 5.91 Å². The van der Waals surface area contributed by atoms with E-state index in [9.17, 15) is 9.59 Å². The van der Waals surface area contributed by atoms with E-state index < -0.39 is 5.41 Å². The minimum Gasteiger partial charge on any atom is -0.339 e. The highest BCUT2D eigenvalue weighted by molar-refractivity contribution is 6.00. The van der Waals surface area contributed by atoms with Gasteiger partial charge in [0.15, 0.2) is 0 Å². The van der Waals surface area contributed by atoms with Crippen LogP contribution >= 0.6 is 0 Å². The predicted molar refractivity (Wildman–Crippen MR) is 102 cm³/mol. The maximum atomic E-state index is 12.8. The first-order valence-corrected chi connectivity index (χ1v) is 8.66. The van der Waals surface area contributed by atoms with Crippen molar-refractivity contribution in [1.82, 2.24) is 4.90 Å².